The zero-order valence-electron chi connectivity index (χ0n) is 7.94. The van der Waals surface area contributed by atoms with Gasteiger partial charge in [0.2, 0.25) is 0 Å². The van der Waals surface area contributed by atoms with E-state index >= 15 is 0 Å². The van der Waals surface area contributed by atoms with E-state index in [-0.39, 0.29) is 19.6 Å². The van der Waals surface area contributed by atoms with Crippen LogP contribution in [-0.2, 0) is 14.3 Å². The van der Waals surface area contributed by atoms with Crippen molar-refractivity contribution in [2.45, 2.75) is 31.0 Å². The smallest absolute Gasteiger partial charge is 0.335 e. The maximum Gasteiger partial charge on any atom is 0.335 e. The van der Waals surface area contributed by atoms with E-state index < -0.39 is 30.6 Å². The molecule has 0 radical (unpaired) electrons. The summed E-state index contributed by atoms with van der Waals surface area (Å²) in [5.74, 6) is -1.36. The molecule has 0 aromatic heterocycles. The third-order valence-electron chi connectivity index (χ3n) is 2.08. The fourth-order valence-corrected chi connectivity index (χ4v) is 1.33. The van der Waals surface area contributed by atoms with Crippen LogP contribution in [-0.4, -0.2) is 64.2 Å². The van der Waals surface area contributed by atoms with Gasteiger partial charge in [-0.05, 0) is 0 Å². The summed E-state index contributed by atoms with van der Waals surface area (Å²) in [4.78, 5) is 10.6. The van der Waals surface area contributed by atoms with Crippen LogP contribution in [0.1, 0.15) is 6.42 Å². The number of aliphatic carboxylic acids is 1. The molecule has 1 rings (SSSR count). The summed E-state index contributed by atoms with van der Waals surface area (Å²) in [6.07, 6.45) is -5.11. The molecule has 0 saturated carbocycles. The van der Waals surface area contributed by atoms with Gasteiger partial charge < -0.3 is 29.9 Å². The van der Waals surface area contributed by atoms with E-state index in [1.165, 1.54) is 0 Å². The molecule has 4 atom stereocenters. The summed E-state index contributed by atoms with van der Waals surface area (Å²) >= 11 is 0. The molecule has 0 amide bonds. The molecule has 0 aromatic carbocycles. The summed E-state index contributed by atoms with van der Waals surface area (Å²) in [5, 5.41) is 35.8. The lowest BCUT2D eigenvalue weighted by Crippen LogP contribution is -2.52. The standard InChI is InChI=1S/C8H14O7/c9-1-2-14-5-3-4(10)6(11)7(15-5)8(12)13/h4-7,9-11H,1-3H2,(H,12,13)/t4?,5-,6?,7?/m0/s1. The molecule has 88 valence electrons. The zero-order valence-corrected chi connectivity index (χ0v) is 7.94. The Hall–Kier alpha value is -0.730. The van der Waals surface area contributed by atoms with E-state index in [1.807, 2.05) is 0 Å². The van der Waals surface area contributed by atoms with Crippen LogP contribution in [0, 0.1) is 0 Å². The third-order valence-corrected chi connectivity index (χ3v) is 2.08. The fraction of sp³-hybridized carbons (Fsp3) is 0.875. The van der Waals surface area contributed by atoms with Crippen LogP contribution in [0.4, 0.5) is 0 Å². The maximum atomic E-state index is 10.6. The Balaban J connectivity index is 2.54. The van der Waals surface area contributed by atoms with Crippen LogP contribution < -0.4 is 0 Å². The molecule has 0 aliphatic carbocycles. The van der Waals surface area contributed by atoms with Gasteiger partial charge in [-0.3, -0.25) is 0 Å². The number of aliphatic hydroxyl groups is 3. The molecular weight excluding hydrogens is 208 g/mol. The summed E-state index contributed by atoms with van der Waals surface area (Å²) < 4.78 is 9.81. The van der Waals surface area contributed by atoms with Gasteiger partial charge in [-0.25, -0.2) is 4.79 Å². The van der Waals surface area contributed by atoms with Crippen LogP contribution in [0.2, 0.25) is 0 Å². The second kappa shape index (κ2) is 5.38. The molecule has 1 fully saturated rings. The van der Waals surface area contributed by atoms with Gasteiger partial charge in [-0.2, -0.15) is 0 Å². The van der Waals surface area contributed by atoms with E-state index in [0.29, 0.717) is 0 Å². The minimum atomic E-state index is -1.50. The first-order valence-corrected chi connectivity index (χ1v) is 4.53. The first-order chi connectivity index (χ1) is 7.06. The highest BCUT2D eigenvalue weighted by Gasteiger charge is 2.41. The first kappa shape index (κ1) is 12.3. The van der Waals surface area contributed by atoms with Gasteiger partial charge in [0.25, 0.3) is 0 Å². The van der Waals surface area contributed by atoms with Crippen molar-refractivity contribution in [1.29, 1.82) is 0 Å². The number of hydrogen-bond acceptors (Lipinski definition) is 6. The normalized spacial score (nSPS) is 36.5. The second-order valence-corrected chi connectivity index (χ2v) is 3.21. The van der Waals surface area contributed by atoms with Gasteiger partial charge in [0.05, 0.1) is 19.3 Å². The molecule has 4 N–H and O–H groups in total. The van der Waals surface area contributed by atoms with Crippen molar-refractivity contribution < 1.29 is 34.7 Å². The van der Waals surface area contributed by atoms with Crippen molar-refractivity contribution >= 4 is 5.97 Å². The minimum Gasteiger partial charge on any atom is -0.479 e. The summed E-state index contributed by atoms with van der Waals surface area (Å²) in [6.45, 7) is -0.240. The minimum absolute atomic E-state index is 0.0141. The quantitative estimate of drug-likeness (QED) is 0.431. The van der Waals surface area contributed by atoms with E-state index in [4.69, 9.17) is 19.7 Å². The van der Waals surface area contributed by atoms with Crippen molar-refractivity contribution in [1.82, 2.24) is 0 Å². The predicted molar refractivity (Wildman–Crippen MR) is 46.0 cm³/mol. The number of rotatable bonds is 4. The highest BCUT2D eigenvalue weighted by molar-refractivity contribution is 5.73. The van der Waals surface area contributed by atoms with Crippen LogP contribution in [0.25, 0.3) is 0 Å². The monoisotopic (exact) mass is 222 g/mol. The Kier molecular flexibility index (Phi) is 4.43. The Morgan fingerprint density at radius 1 is 1.47 bits per heavy atom. The molecule has 0 aromatic rings. The summed E-state index contributed by atoms with van der Waals surface area (Å²) in [6, 6.07) is 0. The molecule has 0 bridgehead atoms. The molecule has 1 saturated heterocycles. The molecule has 15 heavy (non-hydrogen) atoms. The SMILES string of the molecule is O=C(O)C1O[C@H](OCCO)CC(O)C1O. The number of ether oxygens (including phenoxy) is 2. The maximum absolute atomic E-state index is 10.6. The van der Waals surface area contributed by atoms with Gasteiger partial charge in [0.15, 0.2) is 12.4 Å². The van der Waals surface area contributed by atoms with Crippen LogP contribution in [0.5, 0.6) is 0 Å². The topological polar surface area (TPSA) is 116 Å². The van der Waals surface area contributed by atoms with Crippen molar-refractivity contribution in [2.75, 3.05) is 13.2 Å². The van der Waals surface area contributed by atoms with E-state index in [0.717, 1.165) is 0 Å². The molecule has 1 heterocycles. The highest BCUT2D eigenvalue weighted by Crippen LogP contribution is 2.21. The number of hydrogen-bond donors (Lipinski definition) is 4. The first-order valence-electron chi connectivity index (χ1n) is 4.53. The molecule has 1 aliphatic rings. The largest absolute Gasteiger partial charge is 0.479 e. The number of carboxylic acid groups (broad SMARTS) is 1. The van der Waals surface area contributed by atoms with Gasteiger partial charge in [-0.1, -0.05) is 0 Å². The van der Waals surface area contributed by atoms with Crippen molar-refractivity contribution in [3.63, 3.8) is 0 Å². The lowest BCUT2D eigenvalue weighted by atomic mass is 10.0. The van der Waals surface area contributed by atoms with E-state index in [9.17, 15) is 15.0 Å². The Bertz CT molecular complexity index is 219. The molecule has 7 nitrogen and oxygen atoms in total. The highest BCUT2D eigenvalue weighted by atomic mass is 16.7. The van der Waals surface area contributed by atoms with E-state index in [1.54, 1.807) is 0 Å². The van der Waals surface area contributed by atoms with Crippen LogP contribution in [0.3, 0.4) is 0 Å². The molecular formula is C8H14O7. The number of carbonyl (C=O) groups is 1. The Morgan fingerprint density at radius 2 is 2.13 bits per heavy atom. The second-order valence-electron chi connectivity index (χ2n) is 3.21. The van der Waals surface area contributed by atoms with Gasteiger partial charge in [-0.15, -0.1) is 0 Å². The summed E-state index contributed by atoms with van der Waals surface area (Å²) in [5.41, 5.74) is 0. The van der Waals surface area contributed by atoms with Crippen molar-refractivity contribution in [3.05, 3.63) is 0 Å². The lowest BCUT2D eigenvalue weighted by Gasteiger charge is -2.34. The van der Waals surface area contributed by atoms with Gasteiger partial charge in [0.1, 0.15) is 6.10 Å². The van der Waals surface area contributed by atoms with Gasteiger partial charge >= 0.3 is 5.97 Å². The Morgan fingerprint density at radius 3 is 2.67 bits per heavy atom. The Labute approximate surface area is 85.9 Å². The third kappa shape index (κ3) is 3.11. The molecule has 7 heteroatoms. The lowest BCUT2D eigenvalue weighted by molar-refractivity contribution is -0.253. The molecule has 0 spiro atoms. The number of aliphatic hydroxyl groups excluding tert-OH is 3. The van der Waals surface area contributed by atoms with Crippen LogP contribution >= 0.6 is 0 Å². The average molecular weight is 222 g/mol. The molecule has 1 aliphatic heterocycles. The number of carboxylic acids is 1. The molecule has 3 unspecified atom stereocenters. The average Bonchev–Trinajstić information content (AvgIpc) is 2.19. The van der Waals surface area contributed by atoms with Crippen molar-refractivity contribution in [3.8, 4) is 0 Å². The van der Waals surface area contributed by atoms with E-state index in [2.05, 4.69) is 0 Å². The van der Waals surface area contributed by atoms with Gasteiger partial charge in [0, 0.05) is 6.42 Å². The van der Waals surface area contributed by atoms with Crippen LogP contribution in [0.15, 0.2) is 0 Å². The summed E-state index contributed by atoms with van der Waals surface area (Å²) in [7, 11) is 0. The van der Waals surface area contributed by atoms with Crippen molar-refractivity contribution in [2.24, 2.45) is 0 Å². The zero-order chi connectivity index (χ0) is 11.4. The predicted octanol–water partition coefficient (Wildman–Crippen LogP) is -2.08. The fourth-order valence-electron chi connectivity index (χ4n) is 1.33.